The second-order valence-electron chi connectivity index (χ2n) is 5.34. The number of ether oxygens (including phenoxy) is 1. The van der Waals surface area contributed by atoms with Gasteiger partial charge in [0.15, 0.2) is 0 Å². The van der Waals surface area contributed by atoms with Gasteiger partial charge >= 0.3 is 0 Å². The molecule has 1 fully saturated rings. The molecule has 1 aromatic carbocycles. The summed E-state index contributed by atoms with van der Waals surface area (Å²) < 4.78 is 5.43. The summed E-state index contributed by atoms with van der Waals surface area (Å²) in [5, 5.41) is 15.2. The molecule has 1 amide bonds. The van der Waals surface area contributed by atoms with Gasteiger partial charge in [0.25, 0.3) is 0 Å². The first-order valence-corrected chi connectivity index (χ1v) is 7.28. The van der Waals surface area contributed by atoms with Crippen molar-refractivity contribution >= 4 is 11.6 Å². The van der Waals surface area contributed by atoms with Crippen LogP contribution < -0.4 is 10.6 Å². The molecule has 1 heterocycles. The first kappa shape index (κ1) is 15.5. The van der Waals surface area contributed by atoms with Gasteiger partial charge in [-0.15, -0.1) is 0 Å². The molecule has 1 saturated heterocycles. The molecule has 0 radical (unpaired) electrons. The van der Waals surface area contributed by atoms with E-state index in [1.165, 1.54) is 0 Å². The first-order chi connectivity index (χ1) is 10.2. The maximum atomic E-state index is 12.4. The van der Waals surface area contributed by atoms with Crippen molar-refractivity contribution < 1.29 is 9.53 Å². The van der Waals surface area contributed by atoms with Crippen molar-refractivity contribution in [3.8, 4) is 6.07 Å². The van der Waals surface area contributed by atoms with Gasteiger partial charge in [0.2, 0.25) is 5.91 Å². The van der Waals surface area contributed by atoms with Gasteiger partial charge in [-0.05, 0) is 37.6 Å². The summed E-state index contributed by atoms with van der Waals surface area (Å²) >= 11 is 0. The van der Waals surface area contributed by atoms with Crippen LogP contribution in [0.25, 0.3) is 0 Å². The first-order valence-electron chi connectivity index (χ1n) is 7.28. The average Bonchev–Trinajstić information content (AvgIpc) is 2.95. The van der Waals surface area contributed by atoms with E-state index in [0.717, 1.165) is 18.5 Å². The highest BCUT2D eigenvalue weighted by molar-refractivity contribution is 5.94. The molecule has 1 aliphatic heterocycles. The molecule has 0 saturated carbocycles. The Morgan fingerprint density at radius 1 is 1.48 bits per heavy atom. The number of carbonyl (C=O) groups is 1. The quantitative estimate of drug-likeness (QED) is 0.866. The number of amides is 1. The number of carbonyl (C=O) groups excluding carboxylic acids is 1. The molecule has 21 heavy (non-hydrogen) atoms. The van der Waals surface area contributed by atoms with E-state index in [0.29, 0.717) is 24.5 Å². The number of hydrogen-bond acceptors (Lipinski definition) is 4. The summed E-state index contributed by atoms with van der Waals surface area (Å²) in [6.45, 7) is 5.88. The smallest absolute Gasteiger partial charge is 0.231 e. The van der Waals surface area contributed by atoms with Crippen LogP contribution in [0.15, 0.2) is 18.2 Å². The van der Waals surface area contributed by atoms with E-state index in [1.807, 2.05) is 13.0 Å². The van der Waals surface area contributed by atoms with Crippen LogP contribution in [0.3, 0.4) is 0 Å². The Balaban J connectivity index is 2.05. The molecule has 5 nitrogen and oxygen atoms in total. The number of nitriles is 1. The Labute approximate surface area is 125 Å². The van der Waals surface area contributed by atoms with Crippen molar-refractivity contribution in [1.82, 2.24) is 5.32 Å². The zero-order valence-electron chi connectivity index (χ0n) is 12.5. The number of benzene rings is 1. The second-order valence-corrected chi connectivity index (χ2v) is 5.34. The molecule has 0 bridgehead atoms. The standard InChI is InChI=1S/C16H21N3O2/c1-3-6-18-15-10-21-9-13(15)16(20)19-14-7-12(8-17)5-4-11(14)2/h4-5,7,13,15,18H,3,6,9-10H2,1-2H3,(H,19,20). The summed E-state index contributed by atoms with van der Waals surface area (Å²) in [7, 11) is 0. The van der Waals surface area contributed by atoms with E-state index >= 15 is 0 Å². The van der Waals surface area contributed by atoms with Gasteiger partial charge < -0.3 is 15.4 Å². The van der Waals surface area contributed by atoms with Gasteiger partial charge in [-0.3, -0.25) is 4.79 Å². The minimum atomic E-state index is -0.193. The molecule has 0 aliphatic carbocycles. The fourth-order valence-electron chi connectivity index (χ4n) is 2.40. The second kappa shape index (κ2) is 7.21. The summed E-state index contributed by atoms with van der Waals surface area (Å²) in [5.74, 6) is -0.249. The minimum absolute atomic E-state index is 0.0562. The van der Waals surface area contributed by atoms with Crippen molar-refractivity contribution in [2.45, 2.75) is 26.3 Å². The lowest BCUT2D eigenvalue weighted by atomic mass is 10.0. The number of nitrogens with zero attached hydrogens (tertiary/aromatic N) is 1. The lowest BCUT2D eigenvalue weighted by Crippen LogP contribution is -2.41. The molecule has 0 aromatic heterocycles. The fourth-order valence-corrected chi connectivity index (χ4v) is 2.40. The largest absolute Gasteiger partial charge is 0.379 e. The molecule has 1 aliphatic rings. The van der Waals surface area contributed by atoms with Crippen molar-refractivity contribution in [3.05, 3.63) is 29.3 Å². The lowest BCUT2D eigenvalue weighted by molar-refractivity contribution is -0.120. The normalized spacial score (nSPS) is 21.0. The van der Waals surface area contributed by atoms with Crippen LogP contribution in [-0.4, -0.2) is 31.7 Å². The highest BCUT2D eigenvalue weighted by Gasteiger charge is 2.33. The van der Waals surface area contributed by atoms with Crippen LogP contribution in [0.5, 0.6) is 0 Å². The zero-order valence-corrected chi connectivity index (χ0v) is 12.5. The Morgan fingerprint density at radius 3 is 3.00 bits per heavy atom. The van der Waals surface area contributed by atoms with Gasteiger partial charge in [-0.25, -0.2) is 0 Å². The topological polar surface area (TPSA) is 74.2 Å². The SMILES string of the molecule is CCCNC1COCC1C(=O)Nc1cc(C#N)ccc1C. The number of nitrogens with one attached hydrogen (secondary N) is 2. The van der Waals surface area contributed by atoms with E-state index in [9.17, 15) is 4.79 Å². The Morgan fingerprint density at radius 2 is 2.29 bits per heavy atom. The molecule has 2 N–H and O–H groups in total. The van der Waals surface area contributed by atoms with E-state index in [4.69, 9.17) is 10.00 Å². The molecule has 1 aromatic rings. The van der Waals surface area contributed by atoms with Crippen molar-refractivity contribution in [2.75, 3.05) is 25.1 Å². The summed E-state index contributed by atoms with van der Waals surface area (Å²) in [4.78, 5) is 12.4. The maximum absolute atomic E-state index is 12.4. The number of aryl methyl sites for hydroxylation is 1. The molecular formula is C16H21N3O2. The van der Waals surface area contributed by atoms with Gasteiger partial charge in [0.1, 0.15) is 0 Å². The molecule has 2 unspecified atom stereocenters. The average molecular weight is 287 g/mol. The van der Waals surface area contributed by atoms with Crippen LogP contribution in [0.1, 0.15) is 24.5 Å². The minimum Gasteiger partial charge on any atom is -0.379 e. The van der Waals surface area contributed by atoms with Gasteiger partial charge in [-0.2, -0.15) is 5.26 Å². The molecule has 5 heteroatoms. The van der Waals surface area contributed by atoms with E-state index in [1.54, 1.807) is 12.1 Å². The lowest BCUT2D eigenvalue weighted by Gasteiger charge is -2.19. The Kier molecular flexibility index (Phi) is 5.32. The summed E-state index contributed by atoms with van der Waals surface area (Å²) in [5.41, 5.74) is 2.18. The predicted molar refractivity (Wildman–Crippen MR) is 80.9 cm³/mol. The molecule has 0 spiro atoms. The Bertz CT molecular complexity index is 551. The van der Waals surface area contributed by atoms with Gasteiger partial charge in [-0.1, -0.05) is 13.0 Å². The summed E-state index contributed by atoms with van der Waals surface area (Å²) in [6.07, 6.45) is 1.02. The van der Waals surface area contributed by atoms with Crippen molar-refractivity contribution in [2.24, 2.45) is 5.92 Å². The van der Waals surface area contributed by atoms with Crippen LogP contribution in [0, 0.1) is 24.2 Å². The highest BCUT2D eigenvalue weighted by Crippen LogP contribution is 2.20. The number of anilines is 1. The zero-order chi connectivity index (χ0) is 15.2. The van der Waals surface area contributed by atoms with E-state index < -0.39 is 0 Å². The third-order valence-electron chi connectivity index (χ3n) is 3.70. The van der Waals surface area contributed by atoms with E-state index in [-0.39, 0.29) is 17.9 Å². The molecule has 112 valence electrons. The van der Waals surface area contributed by atoms with Crippen molar-refractivity contribution in [1.29, 1.82) is 5.26 Å². The third-order valence-corrected chi connectivity index (χ3v) is 3.70. The monoisotopic (exact) mass is 287 g/mol. The Hall–Kier alpha value is -1.90. The van der Waals surface area contributed by atoms with Crippen LogP contribution >= 0.6 is 0 Å². The fraction of sp³-hybridized carbons (Fsp3) is 0.500. The van der Waals surface area contributed by atoms with Gasteiger partial charge in [0, 0.05) is 11.7 Å². The number of rotatable bonds is 5. The third kappa shape index (κ3) is 3.81. The molecule has 2 atom stereocenters. The highest BCUT2D eigenvalue weighted by atomic mass is 16.5. The van der Waals surface area contributed by atoms with Crippen LogP contribution in [0.2, 0.25) is 0 Å². The van der Waals surface area contributed by atoms with Gasteiger partial charge in [0.05, 0.1) is 30.8 Å². The van der Waals surface area contributed by atoms with Crippen LogP contribution in [0.4, 0.5) is 5.69 Å². The molecule has 2 rings (SSSR count). The number of hydrogen-bond donors (Lipinski definition) is 2. The van der Waals surface area contributed by atoms with Crippen molar-refractivity contribution in [3.63, 3.8) is 0 Å². The molecular weight excluding hydrogens is 266 g/mol. The van der Waals surface area contributed by atoms with E-state index in [2.05, 4.69) is 23.6 Å². The van der Waals surface area contributed by atoms with Crippen LogP contribution in [-0.2, 0) is 9.53 Å². The summed E-state index contributed by atoms with van der Waals surface area (Å²) in [6, 6.07) is 7.44. The maximum Gasteiger partial charge on any atom is 0.231 e. The predicted octanol–water partition coefficient (Wildman–Crippen LogP) is 1.82.